The van der Waals surface area contributed by atoms with Crippen LogP contribution in [0.25, 0.3) is 0 Å². The maximum atomic E-state index is 11.9. The summed E-state index contributed by atoms with van der Waals surface area (Å²) in [5.41, 5.74) is 6.84. The first-order valence-electron chi connectivity index (χ1n) is 6.74. The maximum absolute atomic E-state index is 11.9. The fourth-order valence-corrected chi connectivity index (χ4v) is 1.74. The lowest BCUT2D eigenvalue weighted by Crippen LogP contribution is -2.44. The molecule has 0 radical (unpaired) electrons. The van der Waals surface area contributed by atoms with E-state index in [1.807, 2.05) is 52.0 Å². The normalized spacial score (nSPS) is 14.0. The Morgan fingerprint density at radius 3 is 2.63 bits per heavy atom. The Hall–Kier alpha value is -1.55. The summed E-state index contributed by atoms with van der Waals surface area (Å²) < 4.78 is 5.45. The molecule has 0 bridgehead atoms. The molecule has 1 amide bonds. The summed E-state index contributed by atoms with van der Waals surface area (Å²) in [5.74, 6) is 0.820. The van der Waals surface area contributed by atoms with Gasteiger partial charge < -0.3 is 15.8 Å². The van der Waals surface area contributed by atoms with E-state index in [9.17, 15) is 4.79 Å². The molecule has 0 spiro atoms. The Labute approximate surface area is 115 Å². The van der Waals surface area contributed by atoms with Gasteiger partial charge in [0, 0.05) is 0 Å². The molecule has 1 aromatic carbocycles. The van der Waals surface area contributed by atoms with Gasteiger partial charge in [-0.1, -0.05) is 26.0 Å². The lowest BCUT2D eigenvalue weighted by molar-refractivity contribution is -0.123. The van der Waals surface area contributed by atoms with Gasteiger partial charge in [0.2, 0.25) is 5.91 Å². The second-order valence-corrected chi connectivity index (χ2v) is 5.01. The van der Waals surface area contributed by atoms with Crippen molar-refractivity contribution in [3.05, 3.63) is 29.8 Å². The van der Waals surface area contributed by atoms with E-state index in [1.165, 1.54) is 0 Å². The fraction of sp³-hybridized carbons (Fsp3) is 0.533. The van der Waals surface area contributed by atoms with Crippen LogP contribution in [0.3, 0.4) is 0 Å². The average molecular weight is 264 g/mol. The third-order valence-corrected chi connectivity index (χ3v) is 3.05. The first-order chi connectivity index (χ1) is 8.95. The SMILES string of the molecule is CCOc1cccc(C(C)NC(=O)[C@H](N)C(C)C)c1. The summed E-state index contributed by atoms with van der Waals surface area (Å²) in [5, 5.41) is 2.93. The molecule has 0 heterocycles. The summed E-state index contributed by atoms with van der Waals surface area (Å²) in [6.07, 6.45) is 0. The molecule has 106 valence electrons. The number of benzene rings is 1. The number of ether oxygens (including phenoxy) is 1. The van der Waals surface area contributed by atoms with Crippen molar-refractivity contribution in [3.8, 4) is 5.75 Å². The molecule has 0 aliphatic heterocycles. The molecule has 3 N–H and O–H groups in total. The summed E-state index contributed by atoms with van der Waals surface area (Å²) >= 11 is 0. The molecule has 0 saturated carbocycles. The minimum atomic E-state index is -0.475. The van der Waals surface area contributed by atoms with Crippen LogP contribution < -0.4 is 15.8 Å². The highest BCUT2D eigenvalue weighted by molar-refractivity contribution is 5.82. The number of nitrogens with two attached hydrogens (primary N) is 1. The quantitative estimate of drug-likeness (QED) is 0.828. The van der Waals surface area contributed by atoms with Crippen molar-refractivity contribution < 1.29 is 9.53 Å². The molecule has 0 saturated heterocycles. The van der Waals surface area contributed by atoms with Gasteiger partial charge in [0.05, 0.1) is 18.7 Å². The van der Waals surface area contributed by atoms with Crippen molar-refractivity contribution in [2.75, 3.05) is 6.61 Å². The standard InChI is InChI=1S/C15H24N2O2/c1-5-19-13-8-6-7-12(9-13)11(4)17-15(18)14(16)10(2)3/h6-11,14H,5,16H2,1-4H3,(H,17,18)/t11?,14-/m1/s1. The van der Waals surface area contributed by atoms with Crippen molar-refractivity contribution in [3.63, 3.8) is 0 Å². The molecule has 19 heavy (non-hydrogen) atoms. The average Bonchev–Trinajstić information content (AvgIpc) is 2.38. The number of carbonyl (C=O) groups is 1. The number of carbonyl (C=O) groups excluding carboxylic acids is 1. The van der Waals surface area contributed by atoms with E-state index in [2.05, 4.69) is 5.32 Å². The van der Waals surface area contributed by atoms with Gasteiger partial charge in [0.25, 0.3) is 0 Å². The predicted molar refractivity (Wildman–Crippen MR) is 77.0 cm³/mol. The second kappa shape index (κ2) is 7.14. The van der Waals surface area contributed by atoms with Gasteiger partial charge in [-0.3, -0.25) is 4.79 Å². The van der Waals surface area contributed by atoms with Crippen molar-refractivity contribution in [2.24, 2.45) is 11.7 Å². The van der Waals surface area contributed by atoms with Gasteiger partial charge >= 0.3 is 0 Å². The van der Waals surface area contributed by atoms with Crippen LogP contribution in [0.15, 0.2) is 24.3 Å². The molecular weight excluding hydrogens is 240 g/mol. The molecule has 1 aromatic rings. The van der Waals surface area contributed by atoms with E-state index in [0.717, 1.165) is 11.3 Å². The topological polar surface area (TPSA) is 64.3 Å². The minimum absolute atomic E-state index is 0.0855. The summed E-state index contributed by atoms with van der Waals surface area (Å²) in [6.45, 7) is 8.38. The molecule has 1 unspecified atom stereocenters. The van der Waals surface area contributed by atoms with E-state index in [1.54, 1.807) is 0 Å². The van der Waals surface area contributed by atoms with E-state index in [4.69, 9.17) is 10.5 Å². The van der Waals surface area contributed by atoms with Crippen molar-refractivity contribution in [2.45, 2.75) is 39.8 Å². The fourth-order valence-electron chi connectivity index (χ4n) is 1.74. The number of rotatable bonds is 6. The van der Waals surface area contributed by atoms with E-state index in [0.29, 0.717) is 6.61 Å². The predicted octanol–water partition coefficient (Wildman–Crippen LogP) is 2.25. The van der Waals surface area contributed by atoms with Gasteiger partial charge in [0.15, 0.2) is 0 Å². The largest absolute Gasteiger partial charge is 0.494 e. The highest BCUT2D eigenvalue weighted by Crippen LogP contribution is 2.19. The summed E-state index contributed by atoms with van der Waals surface area (Å²) in [6, 6.07) is 7.17. The van der Waals surface area contributed by atoms with Crippen molar-refractivity contribution in [1.29, 1.82) is 0 Å². The Morgan fingerprint density at radius 1 is 1.37 bits per heavy atom. The van der Waals surface area contributed by atoms with Gasteiger partial charge in [-0.15, -0.1) is 0 Å². The number of nitrogens with one attached hydrogen (secondary N) is 1. The third-order valence-electron chi connectivity index (χ3n) is 3.05. The van der Waals surface area contributed by atoms with Crippen molar-refractivity contribution >= 4 is 5.91 Å². The van der Waals surface area contributed by atoms with Crippen LogP contribution in [-0.4, -0.2) is 18.6 Å². The van der Waals surface area contributed by atoms with Crippen LogP contribution in [0.2, 0.25) is 0 Å². The van der Waals surface area contributed by atoms with Crippen LogP contribution >= 0.6 is 0 Å². The summed E-state index contributed by atoms with van der Waals surface area (Å²) in [7, 11) is 0. The zero-order valence-corrected chi connectivity index (χ0v) is 12.1. The summed E-state index contributed by atoms with van der Waals surface area (Å²) in [4.78, 5) is 11.9. The van der Waals surface area contributed by atoms with E-state index >= 15 is 0 Å². The zero-order valence-electron chi connectivity index (χ0n) is 12.1. The Bertz CT molecular complexity index is 418. The zero-order chi connectivity index (χ0) is 14.4. The van der Waals surface area contributed by atoms with Crippen molar-refractivity contribution in [1.82, 2.24) is 5.32 Å². The first kappa shape index (κ1) is 15.5. The number of hydrogen-bond donors (Lipinski definition) is 2. The number of hydrogen-bond acceptors (Lipinski definition) is 3. The molecule has 0 fully saturated rings. The van der Waals surface area contributed by atoms with Gasteiger partial charge in [0.1, 0.15) is 5.75 Å². The molecule has 0 aliphatic rings. The Kier molecular flexibility index (Phi) is 5.83. The van der Waals surface area contributed by atoms with Crippen LogP contribution in [0.4, 0.5) is 0 Å². The minimum Gasteiger partial charge on any atom is -0.494 e. The number of amides is 1. The molecular formula is C15H24N2O2. The second-order valence-electron chi connectivity index (χ2n) is 5.01. The highest BCUT2D eigenvalue weighted by Gasteiger charge is 2.19. The Morgan fingerprint density at radius 2 is 2.05 bits per heavy atom. The molecule has 1 rings (SSSR count). The molecule has 4 nitrogen and oxygen atoms in total. The maximum Gasteiger partial charge on any atom is 0.237 e. The van der Waals surface area contributed by atoms with Gasteiger partial charge in [-0.05, 0) is 37.5 Å². The van der Waals surface area contributed by atoms with Crippen LogP contribution in [0.1, 0.15) is 39.3 Å². The smallest absolute Gasteiger partial charge is 0.237 e. The highest BCUT2D eigenvalue weighted by atomic mass is 16.5. The monoisotopic (exact) mass is 264 g/mol. The molecule has 4 heteroatoms. The third kappa shape index (κ3) is 4.56. The first-order valence-corrected chi connectivity index (χ1v) is 6.74. The van der Waals surface area contributed by atoms with Crippen LogP contribution in [-0.2, 0) is 4.79 Å². The molecule has 0 aromatic heterocycles. The van der Waals surface area contributed by atoms with Gasteiger partial charge in [-0.2, -0.15) is 0 Å². The lowest BCUT2D eigenvalue weighted by Gasteiger charge is -2.20. The lowest BCUT2D eigenvalue weighted by atomic mass is 10.0. The van der Waals surface area contributed by atoms with E-state index < -0.39 is 6.04 Å². The van der Waals surface area contributed by atoms with E-state index in [-0.39, 0.29) is 17.9 Å². The van der Waals surface area contributed by atoms with Gasteiger partial charge in [-0.25, -0.2) is 0 Å². The van der Waals surface area contributed by atoms with Crippen LogP contribution in [0.5, 0.6) is 5.75 Å². The Balaban J connectivity index is 2.69. The van der Waals surface area contributed by atoms with Crippen LogP contribution in [0, 0.1) is 5.92 Å². The molecule has 0 aliphatic carbocycles. The molecule has 2 atom stereocenters.